The third-order valence-corrected chi connectivity index (χ3v) is 3.73. The lowest BCUT2D eigenvalue weighted by Crippen LogP contribution is -2.13. The standard InChI is InChI=1S/C17H13N3O2/c1-20-8-7-11-3-2-4-13(16(11)20)17(21)19-12-5-6-15-14(9-12)18-10-22-15/h2-10H,1H3,(H,19,21). The van der Waals surface area contributed by atoms with Gasteiger partial charge in [-0.2, -0.15) is 0 Å². The van der Waals surface area contributed by atoms with E-state index in [1.807, 2.05) is 42.1 Å². The molecule has 5 heteroatoms. The Balaban J connectivity index is 1.72. The Morgan fingerprint density at radius 3 is 3.05 bits per heavy atom. The van der Waals surface area contributed by atoms with Crippen molar-refractivity contribution >= 4 is 33.6 Å². The number of hydrogen-bond donors (Lipinski definition) is 1. The van der Waals surface area contributed by atoms with Crippen LogP contribution in [0.3, 0.4) is 0 Å². The first-order chi connectivity index (χ1) is 10.7. The highest BCUT2D eigenvalue weighted by Crippen LogP contribution is 2.22. The molecule has 0 aliphatic carbocycles. The summed E-state index contributed by atoms with van der Waals surface area (Å²) in [5, 5.41) is 3.96. The van der Waals surface area contributed by atoms with Crippen LogP contribution in [0.25, 0.3) is 22.0 Å². The maximum absolute atomic E-state index is 12.6. The first kappa shape index (κ1) is 12.6. The summed E-state index contributed by atoms with van der Waals surface area (Å²) in [6, 6.07) is 13.1. The van der Waals surface area contributed by atoms with Crippen LogP contribution < -0.4 is 5.32 Å². The number of carbonyl (C=O) groups excluding carboxylic acids is 1. The van der Waals surface area contributed by atoms with E-state index in [1.165, 1.54) is 6.39 Å². The van der Waals surface area contributed by atoms with E-state index >= 15 is 0 Å². The molecule has 0 saturated heterocycles. The number of hydrogen-bond acceptors (Lipinski definition) is 3. The molecule has 2 heterocycles. The summed E-state index contributed by atoms with van der Waals surface area (Å²) in [5.41, 5.74) is 3.67. The SMILES string of the molecule is Cn1ccc2cccc(C(=O)Nc3ccc4ocnc4c3)c21. The van der Waals surface area contributed by atoms with Gasteiger partial charge >= 0.3 is 0 Å². The molecule has 0 fully saturated rings. The van der Waals surface area contributed by atoms with E-state index in [1.54, 1.807) is 18.2 Å². The quantitative estimate of drug-likeness (QED) is 0.614. The summed E-state index contributed by atoms with van der Waals surface area (Å²) < 4.78 is 7.15. The fourth-order valence-electron chi connectivity index (χ4n) is 2.67. The number of oxazole rings is 1. The number of amides is 1. The molecule has 108 valence electrons. The number of nitrogens with one attached hydrogen (secondary N) is 1. The molecule has 1 amide bonds. The van der Waals surface area contributed by atoms with E-state index in [0.29, 0.717) is 16.8 Å². The van der Waals surface area contributed by atoms with Crippen molar-refractivity contribution in [3.63, 3.8) is 0 Å². The third-order valence-electron chi connectivity index (χ3n) is 3.73. The van der Waals surface area contributed by atoms with E-state index in [-0.39, 0.29) is 5.91 Å². The van der Waals surface area contributed by atoms with Crippen LogP contribution >= 0.6 is 0 Å². The smallest absolute Gasteiger partial charge is 0.257 e. The van der Waals surface area contributed by atoms with Gasteiger partial charge in [0.05, 0.1) is 11.1 Å². The average Bonchev–Trinajstić information content (AvgIpc) is 3.13. The van der Waals surface area contributed by atoms with Crippen LogP contribution in [0.15, 0.2) is 59.5 Å². The molecule has 1 N–H and O–H groups in total. The van der Waals surface area contributed by atoms with Crippen molar-refractivity contribution in [3.05, 3.63) is 60.6 Å². The molecule has 0 spiro atoms. The predicted octanol–water partition coefficient (Wildman–Crippen LogP) is 3.57. The van der Waals surface area contributed by atoms with Gasteiger partial charge in [0.2, 0.25) is 0 Å². The molecule has 22 heavy (non-hydrogen) atoms. The molecule has 0 atom stereocenters. The first-order valence-electron chi connectivity index (χ1n) is 6.91. The first-order valence-corrected chi connectivity index (χ1v) is 6.91. The Morgan fingerprint density at radius 1 is 1.23 bits per heavy atom. The second-order valence-corrected chi connectivity index (χ2v) is 5.16. The minimum Gasteiger partial charge on any atom is -0.443 e. The molecule has 0 aliphatic rings. The van der Waals surface area contributed by atoms with Gasteiger partial charge in [0.25, 0.3) is 5.91 Å². The summed E-state index contributed by atoms with van der Waals surface area (Å²) in [4.78, 5) is 16.7. The van der Waals surface area contributed by atoms with Crippen molar-refractivity contribution in [2.75, 3.05) is 5.32 Å². The number of anilines is 1. The van der Waals surface area contributed by atoms with Crippen molar-refractivity contribution < 1.29 is 9.21 Å². The van der Waals surface area contributed by atoms with Crippen LogP contribution in [0.5, 0.6) is 0 Å². The Bertz CT molecular complexity index is 997. The number of aryl methyl sites for hydroxylation is 1. The fraction of sp³-hybridized carbons (Fsp3) is 0.0588. The zero-order chi connectivity index (χ0) is 15.1. The van der Waals surface area contributed by atoms with Crippen LogP contribution in [0.1, 0.15) is 10.4 Å². The molecule has 2 aromatic heterocycles. The lowest BCUT2D eigenvalue weighted by atomic mass is 10.1. The van der Waals surface area contributed by atoms with Gasteiger partial charge in [-0.1, -0.05) is 12.1 Å². The summed E-state index contributed by atoms with van der Waals surface area (Å²) in [7, 11) is 1.93. The van der Waals surface area contributed by atoms with E-state index in [4.69, 9.17) is 4.42 Å². The topological polar surface area (TPSA) is 60.1 Å². The lowest BCUT2D eigenvalue weighted by molar-refractivity contribution is 0.102. The number of aromatic nitrogens is 2. The normalized spacial score (nSPS) is 11.1. The van der Waals surface area contributed by atoms with Crippen LogP contribution in [0.4, 0.5) is 5.69 Å². The number of nitrogens with zero attached hydrogens (tertiary/aromatic N) is 2. The number of carbonyl (C=O) groups is 1. The molecule has 0 aliphatic heterocycles. The van der Waals surface area contributed by atoms with Crippen molar-refractivity contribution in [2.45, 2.75) is 0 Å². The van der Waals surface area contributed by atoms with Gasteiger partial charge in [0, 0.05) is 24.3 Å². The van der Waals surface area contributed by atoms with E-state index < -0.39 is 0 Å². The second kappa shape index (κ2) is 4.73. The van der Waals surface area contributed by atoms with E-state index in [0.717, 1.165) is 16.4 Å². The van der Waals surface area contributed by atoms with Crippen molar-refractivity contribution in [1.29, 1.82) is 0 Å². The molecule has 4 aromatic rings. The predicted molar refractivity (Wildman–Crippen MR) is 84.9 cm³/mol. The van der Waals surface area contributed by atoms with Gasteiger partial charge in [-0.25, -0.2) is 4.98 Å². The molecular weight excluding hydrogens is 278 g/mol. The largest absolute Gasteiger partial charge is 0.443 e. The summed E-state index contributed by atoms with van der Waals surface area (Å²) >= 11 is 0. The van der Waals surface area contributed by atoms with E-state index in [2.05, 4.69) is 10.3 Å². The molecule has 0 radical (unpaired) electrons. The maximum atomic E-state index is 12.6. The van der Waals surface area contributed by atoms with Gasteiger partial charge < -0.3 is 14.3 Å². The number of benzene rings is 2. The van der Waals surface area contributed by atoms with Gasteiger partial charge in [0.1, 0.15) is 5.52 Å². The Labute approximate surface area is 126 Å². The fourth-order valence-corrected chi connectivity index (χ4v) is 2.67. The van der Waals surface area contributed by atoms with Crippen LogP contribution in [-0.4, -0.2) is 15.5 Å². The minimum absolute atomic E-state index is 0.143. The van der Waals surface area contributed by atoms with Crippen molar-refractivity contribution in [3.8, 4) is 0 Å². The number of rotatable bonds is 2. The molecule has 5 nitrogen and oxygen atoms in total. The van der Waals surface area contributed by atoms with Crippen LogP contribution in [0, 0.1) is 0 Å². The maximum Gasteiger partial charge on any atom is 0.257 e. The Morgan fingerprint density at radius 2 is 2.14 bits per heavy atom. The molecule has 2 aromatic carbocycles. The van der Waals surface area contributed by atoms with Gasteiger partial charge in [-0.05, 0) is 30.3 Å². The van der Waals surface area contributed by atoms with Crippen molar-refractivity contribution in [2.24, 2.45) is 7.05 Å². The number of fused-ring (bicyclic) bond motifs is 2. The number of para-hydroxylation sites is 1. The molecule has 4 rings (SSSR count). The molecular formula is C17H13N3O2. The van der Waals surface area contributed by atoms with Gasteiger partial charge in [0.15, 0.2) is 12.0 Å². The molecule has 0 saturated carbocycles. The highest BCUT2D eigenvalue weighted by Gasteiger charge is 2.13. The van der Waals surface area contributed by atoms with Crippen LogP contribution in [-0.2, 0) is 7.05 Å². The van der Waals surface area contributed by atoms with E-state index in [9.17, 15) is 4.79 Å². The van der Waals surface area contributed by atoms with Gasteiger partial charge in [-0.15, -0.1) is 0 Å². The summed E-state index contributed by atoms with van der Waals surface area (Å²) in [5.74, 6) is -0.143. The Kier molecular flexibility index (Phi) is 2.72. The third kappa shape index (κ3) is 1.95. The molecule has 0 bridgehead atoms. The zero-order valence-corrected chi connectivity index (χ0v) is 11.9. The second-order valence-electron chi connectivity index (χ2n) is 5.16. The Hall–Kier alpha value is -3.08. The minimum atomic E-state index is -0.143. The highest BCUT2D eigenvalue weighted by molar-refractivity contribution is 6.12. The van der Waals surface area contributed by atoms with Gasteiger partial charge in [-0.3, -0.25) is 4.79 Å². The monoisotopic (exact) mass is 291 g/mol. The average molecular weight is 291 g/mol. The lowest BCUT2D eigenvalue weighted by Gasteiger charge is -2.08. The summed E-state index contributed by atoms with van der Waals surface area (Å²) in [6.07, 6.45) is 3.34. The van der Waals surface area contributed by atoms with Crippen LogP contribution in [0.2, 0.25) is 0 Å². The summed E-state index contributed by atoms with van der Waals surface area (Å²) in [6.45, 7) is 0. The highest BCUT2D eigenvalue weighted by atomic mass is 16.3. The zero-order valence-electron chi connectivity index (χ0n) is 11.9. The molecule has 0 unspecified atom stereocenters. The van der Waals surface area contributed by atoms with Crippen molar-refractivity contribution in [1.82, 2.24) is 9.55 Å².